The predicted octanol–water partition coefficient (Wildman–Crippen LogP) is 2.75. The van der Waals surface area contributed by atoms with E-state index >= 15 is 0 Å². The lowest BCUT2D eigenvalue weighted by molar-refractivity contribution is 1.33. The van der Waals surface area contributed by atoms with E-state index in [9.17, 15) is 0 Å². The van der Waals surface area contributed by atoms with Crippen LogP contribution in [-0.2, 0) is 0 Å². The molecule has 1 aromatic carbocycles. The van der Waals surface area contributed by atoms with Crippen LogP contribution in [-0.4, -0.2) is 0 Å². The number of rotatable bonds is 1. The largest absolute Gasteiger partial charge is 0.0616 e. The first-order chi connectivity index (χ1) is 4.75. The first-order valence-electron chi connectivity index (χ1n) is 3.37. The van der Waals surface area contributed by atoms with E-state index in [1.165, 1.54) is 11.1 Å². The lowest BCUT2D eigenvalue weighted by Crippen LogP contribution is -1.83. The van der Waals surface area contributed by atoms with Crippen LogP contribution in [0.2, 0.25) is 0 Å². The van der Waals surface area contributed by atoms with Gasteiger partial charge in [-0.25, -0.2) is 0 Å². The Labute approximate surface area is 62.2 Å². The minimum atomic E-state index is 1.13. The van der Waals surface area contributed by atoms with Gasteiger partial charge in [0.25, 0.3) is 0 Å². The summed E-state index contributed by atoms with van der Waals surface area (Å²) in [4.78, 5) is 0. The molecule has 0 aromatic heterocycles. The molecular formula is C10H11. The molecule has 1 radical (unpaired) electrons. The number of hydrogen-bond donors (Lipinski definition) is 0. The fourth-order valence-corrected chi connectivity index (χ4v) is 0.954. The first-order valence-corrected chi connectivity index (χ1v) is 3.37. The van der Waals surface area contributed by atoms with Gasteiger partial charge in [-0.05, 0) is 30.5 Å². The van der Waals surface area contributed by atoms with E-state index in [-0.39, 0.29) is 0 Å². The van der Waals surface area contributed by atoms with Gasteiger partial charge in [0.2, 0.25) is 0 Å². The Hall–Kier alpha value is -1.04. The Morgan fingerprint density at radius 2 is 2.00 bits per heavy atom. The molecule has 0 aliphatic rings. The Kier molecular flexibility index (Phi) is 1.91. The van der Waals surface area contributed by atoms with Crippen molar-refractivity contribution in [1.29, 1.82) is 0 Å². The third-order valence-electron chi connectivity index (χ3n) is 1.83. The van der Waals surface area contributed by atoms with E-state index in [0.29, 0.717) is 0 Å². The van der Waals surface area contributed by atoms with Crippen LogP contribution >= 0.6 is 0 Å². The quantitative estimate of drug-likeness (QED) is 0.549. The van der Waals surface area contributed by atoms with Crippen LogP contribution < -0.4 is 0 Å². The highest BCUT2D eigenvalue weighted by molar-refractivity contribution is 5.52. The van der Waals surface area contributed by atoms with Crippen LogP contribution in [0.3, 0.4) is 0 Å². The molecule has 1 rings (SSSR count). The molecule has 0 saturated heterocycles. The van der Waals surface area contributed by atoms with Crippen molar-refractivity contribution in [3.63, 3.8) is 0 Å². The van der Waals surface area contributed by atoms with E-state index in [2.05, 4.69) is 19.9 Å². The van der Waals surface area contributed by atoms with Gasteiger partial charge in [0.15, 0.2) is 0 Å². The van der Waals surface area contributed by atoms with E-state index in [4.69, 9.17) is 6.58 Å². The average Bonchev–Trinajstić information content (AvgIpc) is 1.95. The van der Waals surface area contributed by atoms with Crippen LogP contribution in [0.25, 0.3) is 6.08 Å². The van der Waals surface area contributed by atoms with Gasteiger partial charge >= 0.3 is 0 Å². The summed E-state index contributed by atoms with van der Waals surface area (Å²) in [5.41, 5.74) is 3.68. The molecule has 1 aromatic rings. The maximum absolute atomic E-state index is 5.39. The molecule has 51 valence electrons. The van der Waals surface area contributed by atoms with Crippen LogP contribution in [0.15, 0.2) is 18.2 Å². The molecule has 0 saturated carbocycles. The van der Waals surface area contributed by atoms with Crippen molar-refractivity contribution in [3.05, 3.63) is 41.5 Å². The van der Waals surface area contributed by atoms with Crippen molar-refractivity contribution >= 4 is 6.08 Å². The monoisotopic (exact) mass is 131 g/mol. The van der Waals surface area contributed by atoms with Gasteiger partial charge in [0.05, 0.1) is 0 Å². The van der Waals surface area contributed by atoms with E-state index < -0.39 is 0 Å². The molecule has 0 N–H and O–H groups in total. The van der Waals surface area contributed by atoms with Crippen molar-refractivity contribution < 1.29 is 0 Å². The summed E-state index contributed by atoms with van der Waals surface area (Å²) in [7, 11) is 0. The summed E-state index contributed by atoms with van der Waals surface area (Å²) in [6.07, 6.45) is 1.64. The fraction of sp³-hybridized carbons (Fsp3) is 0.200. The maximum Gasteiger partial charge on any atom is -0.0225 e. The van der Waals surface area contributed by atoms with Crippen LogP contribution in [0.4, 0.5) is 0 Å². The van der Waals surface area contributed by atoms with E-state index in [0.717, 1.165) is 5.56 Å². The molecule has 0 atom stereocenters. The molecular weight excluding hydrogens is 120 g/mol. The Morgan fingerprint density at radius 1 is 1.30 bits per heavy atom. The first kappa shape index (κ1) is 7.07. The van der Waals surface area contributed by atoms with Crippen LogP contribution in [0.5, 0.6) is 0 Å². The Bertz CT molecular complexity index is 246. The number of aryl methyl sites for hydroxylation is 1. The lowest BCUT2D eigenvalue weighted by Gasteiger charge is -2.01. The van der Waals surface area contributed by atoms with Crippen molar-refractivity contribution in [2.24, 2.45) is 0 Å². The number of benzene rings is 1. The van der Waals surface area contributed by atoms with Crippen LogP contribution in [0, 0.1) is 20.4 Å². The summed E-state index contributed by atoms with van der Waals surface area (Å²) in [5, 5.41) is 0. The molecule has 0 amide bonds. The molecule has 0 nitrogen and oxygen atoms in total. The molecule has 0 aliphatic carbocycles. The summed E-state index contributed by atoms with van der Waals surface area (Å²) >= 11 is 0. The SMILES string of the molecule is [CH]=Cc1cccc(C)c1C. The van der Waals surface area contributed by atoms with Crippen LogP contribution in [0.1, 0.15) is 16.7 Å². The summed E-state index contributed by atoms with van der Waals surface area (Å²) in [6.45, 7) is 9.56. The highest BCUT2D eigenvalue weighted by Gasteiger charge is 1.93. The van der Waals surface area contributed by atoms with Crippen molar-refractivity contribution in [2.75, 3.05) is 0 Å². The van der Waals surface area contributed by atoms with Crippen molar-refractivity contribution in [3.8, 4) is 0 Å². The van der Waals surface area contributed by atoms with Gasteiger partial charge in [-0.15, -0.1) is 0 Å². The molecule has 0 unspecified atom stereocenters. The molecule has 10 heavy (non-hydrogen) atoms. The van der Waals surface area contributed by atoms with Gasteiger partial charge in [0.1, 0.15) is 0 Å². The topological polar surface area (TPSA) is 0 Å². The predicted molar refractivity (Wildman–Crippen MR) is 44.7 cm³/mol. The average molecular weight is 131 g/mol. The summed E-state index contributed by atoms with van der Waals surface area (Å²) in [5.74, 6) is 0. The third kappa shape index (κ3) is 1.10. The minimum Gasteiger partial charge on any atom is -0.0616 e. The van der Waals surface area contributed by atoms with Crippen molar-refractivity contribution in [2.45, 2.75) is 13.8 Å². The highest BCUT2D eigenvalue weighted by atomic mass is 14.0. The second kappa shape index (κ2) is 2.70. The lowest BCUT2D eigenvalue weighted by atomic mass is 10.0. The molecule has 0 heteroatoms. The fourth-order valence-electron chi connectivity index (χ4n) is 0.954. The van der Waals surface area contributed by atoms with Gasteiger partial charge < -0.3 is 0 Å². The standard InChI is InChI=1S/C10H11/c1-4-10-7-5-6-8(2)9(10)3/h1,4-7H,2-3H3. The second-order valence-corrected chi connectivity index (χ2v) is 2.46. The molecule has 0 bridgehead atoms. The number of hydrogen-bond acceptors (Lipinski definition) is 0. The smallest absolute Gasteiger partial charge is 0.0225 e. The van der Waals surface area contributed by atoms with Gasteiger partial charge in [0, 0.05) is 0 Å². The Morgan fingerprint density at radius 3 is 2.50 bits per heavy atom. The summed E-state index contributed by atoms with van der Waals surface area (Å²) in [6, 6.07) is 6.12. The molecule has 0 spiro atoms. The van der Waals surface area contributed by atoms with E-state index in [1.807, 2.05) is 12.1 Å². The van der Waals surface area contributed by atoms with Gasteiger partial charge in [-0.3, -0.25) is 0 Å². The molecule has 0 heterocycles. The van der Waals surface area contributed by atoms with Gasteiger partial charge in [-0.2, -0.15) is 0 Å². The minimum absolute atomic E-state index is 1.13. The second-order valence-electron chi connectivity index (χ2n) is 2.46. The van der Waals surface area contributed by atoms with E-state index in [1.54, 1.807) is 6.08 Å². The highest BCUT2D eigenvalue weighted by Crippen LogP contribution is 2.12. The Balaban J connectivity index is 3.27. The maximum atomic E-state index is 5.39. The zero-order chi connectivity index (χ0) is 7.56. The molecule has 0 aliphatic heterocycles. The third-order valence-corrected chi connectivity index (χ3v) is 1.83. The van der Waals surface area contributed by atoms with Gasteiger partial charge in [-0.1, -0.05) is 30.9 Å². The zero-order valence-electron chi connectivity index (χ0n) is 6.39. The normalized spacial score (nSPS) is 9.40. The summed E-state index contributed by atoms with van der Waals surface area (Å²) < 4.78 is 0. The molecule has 0 fully saturated rings. The van der Waals surface area contributed by atoms with Crippen molar-refractivity contribution in [1.82, 2.24) is 0 Å². The zero-order valence-corrected chi connectivity index (χ0v) is 6.39.